The topological polar surface area (TPSA) is 71.5 Å². The van der Waals surface area contributed by atoms with E-state index in [0.717, 1.165) is 52.1 Å². The number of rotatable bonds is 12. The minimum Gasteiger partial charge on any atom is -0.385 e. The van der Waals surface area contributed by atoms with Crippen LogP contribution in [0.25, 0.3) is 0 Å². The summed E-state index contributed by atoms with van der Waals surface area (Å²) in [6, 6.07) is 2.21. The van der Waals surface area contributed by atoms with E-state index in [1.165, 1.54) is 0 Å². The molecule has 0 heterocycles. The summed E-state index contributed by atoms with van der Waals surface area (Å²) < 4.78 is 10.2. The van der Waals surface area contributed by atoms with Gasteiger partial charge in [0.1, 0.15) is 5.54 Å². The van der Waals surface area contributed by atoms with Gasteiger partial charge in [-0.15, -0.1) is 0 Å². The predicted octanol–water partition coefficient (Wildman–Crippen LogP) is 1.38. The largest absolute Gasteiger partial charge is 0.385 e. The maximum Gasteiger partial charge on any atom is 0.104 e. The van der Waals surface area contributed by atoms with Crippen molar-refractivity contribution in [2.75, 3.05) is 47.1 Å². The van der Waals surface area contributed by atoms with Crippen LogP contribution in [-0.4, -0.2) is 57.5 Å². The van der Waals surface area contributed by atoms with Crippen LogP contribution in [0.5, 0.6) is 0 Å². The van der Waals surface area contributed by atoms with Crippen LogP contribution >= 0.6 is 0 Å². The SMILES string of the molecule is CCC(N)(C#N)CCCN(CCCOC)CCOC. The fourth-order valence-electron chi connectivity index (χ4n) is 1.92. The minimum absolute atomic E-state index is 0.667. The summed E-state index contributed by atoms with van der Waals surface area (Å²) in [5.74, 6) is 0. The fourth-order valence-corrected chi connectivity index (χ4v) is 1.92. The van der Waals surface area contributed by atoms with E-state index >= 15 is 0 Å². The molecule has 5 heteroatoms. The number of nitrogens with zero attached hydrogens (tertiary/aromatic N) is 2. The van der Waals surface area contributed by atoms with Crippen molar-refractivity contribution in [3.05, 3.63) is 0 Å². The highest BCUT2D eigenvalue weighted by molar-refractivity contribution is 5.03. The molecular formula is C14H29N3O2. The standard InChI is InChI=1S/C14H29N3O2/c1-4-14(16,13-15)7-5-8-17(10-12-19-3)9-6-11-18-2/h4-12,16H2,1-3H3. The highest BCUT2D eigenvalue weighted by Gasteiger charge is 2.21. The van der Waals surface area contributed by atoms with Gasteiger partial charge in [0, 0.05) is 33.9 Å². The smallest absolute Gasteiger partial charge is 0.104 e. The molecule has 0 aromatic rings. The van der Waals surface area contributed by atoms with Crippen LogP contribution in [-0.2, 0) is 9.47 Å². The molecular weight excluding hydrogens is 242 g/mol. The van der Waals surface area contributed by atoms with Crippen molar-refractivity contribution in [3.8, 4) is 6.07 Å². The van der Waals surface area contributed by atoms with Crippen LogP contribution in [0.15, 0.2) is 0 Å². The third-order valence-electron chi connectivity index (χ3n) is 3.39. The summed E-state index contributed by atoms with van der Waals surface area (Å²) in [5, 5.41) is 9.04. The Kier molecular flexibility index (Phi) is 10.8. The molecule has 0 aromatic heterocycles. The molecule has 2 N–H and O–H groups in total. The lowest BCUT2D eigenvalue weighted by molar-refractivity contribution is 0.131. The molecule has 0 spiro atoms. The number of ether oxygens (including phenoxy) is 2. The van der Waals surface area contributed by atoms with Crippen molar-refractivity contribution >= 4 is 0 Å². The molecule has 1 atom stereocenters. The van der Waals surface area contributed by atoms with Crippen LogP contribution in [0.2, 0.25) is 0 Å². The van der Waals surface area contributed by atoms with Crippen molar-refractivity contribution in [3.63, 3.8) is 0 Å². The van der Waals surface area contributed by atoms with Crippen molar-refractivity contribution in [2.24, 2.45) is 5.73 Å². The second-order valence-electron chi connectivity index (χ2n) is 4.91. The molecule has 0 amide bonds. The third kappa shape index (κ3) is 8.95. The first-order valence-electron chi connectivity index (χ1n) is 7.02. The van der Waals surface area contributed by atoms with E-state index in [4.69, 9.17) is 20.5 Å². The number of nitrogens with two attached hydrogens (primary N) is 1. The number of hydrogen-bond acceptors (Lipinski definition) is 5. The lowest BCUT2D eigenvalue weighted by Crippen LogP contribution is -2.38. The molecule has 0 fully saturated rings. The third-order valence-corrected chi connectivity index (χ3v) is 3.39. The first kappa shape index (κ1) is 18.3. The van der Waals surface area contributed by atoms with Crippen LogP contribution in [0, 0.1) is 11.3 Å². The summed E-state index contributed by atoms with van der Waals surface area (Å²) in [6.07, 6.45) is 3.40. The Morgan fingerprint density at radius 2 is 1.74 bits per heavy atom. The molecule has 0 saturated carbocycles. The van der Waals surface area contributed by atoms with Crippen molar-refractivity contribution in [1.29, 1.82) is 5.26 Å². The highest BCUT2D eigenvalue weighted by Crippen LogP contribution is 2.13. The minimum atomic E-state index is -0.667. The van der Waals surface area contributed by atoms with E-state index in [1.807, 2.05) is 6.92 Å². The Morgan fingerprint density at radius 3 is 2.26 bits per heavy atom. The maximum atomic E-state index is 9.04. The van der Waals surface area contributed by atoms with E-state index < -0.39 is 5.54 Å². The van der Waals surface area contributed by atoms with Crippen molar-refractivity contribution < 1.29 is 9.47 Å². The second-order valence-corrected chi connectivity index (χ2v) is 4.91. The van der Waals surface area contributed by atoms with Gasteiger partial charge in [0.2, 0.25) is 0 Å². The van der Waals surface area contributed by atoms with Gasteiger partial charge in [-0.05, 0) is 32.2 Å². The summed E-state index contributed by atoms with van der Waals surface area (Å²) in [5.41, 5.74) is 5.31. The predicted molar refractivity (Wildman–Crippen MR) is 76.9 cm³/mol. The Balaban J connectivity index is 4.00. The Hall–Kier alpha value is -0.670. The normalized spacial score (nSPS) is 14.3. The van der Waals surface area contributed by atoms with Crippen molar-refractivity contribution in [2.45, 2.75) is 38.1 Å². The molecule has 0 aliphatic heterocycles. The van der Waals surface area contributed by atoms with Gasteiger partial charge in [-0.2, -0.15) is 5.26 Å². The molecule has 0 rings (SSSR count). The molecule has 0 aliphatic rings. The van der Waals surface area contributed by atoms with Gasteiger partial charge >= 0.3 is 0 Å². The van der Waals surface area contributed by atoms with Gasteiger partial charge in [0.15, 0.2) is 0 Å². The molecule has 5 nitrogen and oxygen atoms in total. The lowest BCUT2D eigenvalue weighted by atomic mass is 9.93. The summed E-state index contributed by atoms with van der Waals surface area (Å²) in [6.45, 7) is 6.33. The van der Waals surface area contributed by atoms with Crippen LogP contribution < -0.4 is 5.73 Å². The maximum absolute atomic E-state index is 9.04. The molecule has 0 bridgehead atoms. The fraction of sp³-hybridized carbons (Fsp3) is 0.929. The number of methoxy groups -OCH3 is 2. The van der Waals surface area contributed by atoms with Crippen molar-refractivity contribution in [1.82, 2.24) is 4.90 Å². The molecule has 0 radical (unpaired) electrons. The Morgan fingerprint density at radius 1 is 1.11 bits per heavy atom. The number of hydrogen-bond donors (Lipinski definition) is 1. The zero-order valence-electron chi connectivity index (χ0n) is 12.7. The zero-order chi connectivity index (χ0) is 14.6. The highest BCUT2D eigenvalue weighted by atomic mass is 16.5. The van der Waals surface area contributed by atoms with Gasteiger partial charge in [-0.25, -0.2) is 0 Å². The van der Waals surface area contributed by atoms with E-state index in [9.17, 15) is 0 Å². The zero-order valence-corrected chi connectivity index (χ0v) is 12.7. The summed E-state index contributed by atoms with van der Waals surface area (Å²) in [7, 11) is 3.43. The molecule has 1 unspecified atom stereocenters. The van der Waals surface area contributed by atoms with E-state index in [-0.39, 0.29) is 0 Å². The van der Waals surface area contributed by atoms with Gasteiger partial charge in [-0.3, -0.25) is 0 Å². The molecule has 0 aromatic carbocycles. The van der Waals surface area contributed by atoms with Crippen LogP contribution in [0.1, 0.15) is 32.6 Å². The van der Waals surface area contributed by atoms with Crippen LogP contribution in [0.4, 0.5) is 0 Å². The average molecular weight is 271 g/mol. The lowest BCUT2D eigenvalue weighted by Gasteiger charge is -2.24. The van der Waals surface area contributed by atoms with E-state index in [2.05, 4.69) is 11.0 Å². The Labute approximate surface area is 117 Å². The number of nitriles is 1. The van der Waals surface area contributed by atoms with Gasteiger partial charge < -0.3 is 20.1 Å². The second kappa shape index (κ2) is 11.2. The molecule has 19 heavy (non-hydrogen) atoms. The average Bonchev–Trinajstić information content (AvgIpc) is 2.44. The first-order chi connectivity index (χ1) is 9.11. The molecule has 0 saturated heterocycles. The van der Waals surface area contributed by atoms with E-state index in [1.54, 1.807) is 14.2 Å². The van der Waals surface area contributed by atoms with Gasteiger partial charge in [0.05, 0.1) is 12.7 Å². The van der Waals surface area contributed by atoms with Gasteiger partial charge in [-0.1, -0.05) is 6.92 Å². The summed E-state index contributed by atoms with van der Waals surface area (Å²) >= 11 is 0. The molecule has 0 aliphatic carbocycles. The van der Waals surface area contributed by atoms with Crippen LogP contribution in [0.3, 0.4) is 0 Å². The Bertz CT molecular complexity index is 256. The van der Waals surface area contributed by atoms with E-state index in [0.29, 0.717) is 6.42 Å². The monoisotopic (exact) mass is 271 g/mol. The first-order valence-corrected chi connectivity index (χ1v) is 7.02. The summed E-state index contributed by atoms with van der Waals surface area (Å²) in [4.78, 5) is 2.34. The quantitative estimate of drug-likeness (QED) is 0.543. The van der Waals surface area contributed by atoms with Gasteiger partial charge in [0.25, 0.3) is 0 Å². The molecule has 112 valence electrons.